The van der Waals surface area contributed by atoms with Gasteiger partial charge in [0.05, 0.1) is 0 Å². The average molecular weight is 306 g/mol. The SMILES string of the molecule is Cc1cccc(C)c1OCc1ccc(C(N)=S)cc1Cl. The normalized spacial score (nSPS) is 10.3. The third-order valence-corrected chi connectivity index (χ3v) is 3.71. The summed E-state index contributed by atoms with van der Waals surface area (Å²) in [4.78, 5) is 0.342. The van der Waals surface area contributed by atoms with E-state index in [0.29, 0.717) is 16.6 Å². The Bertz CT molecular complexity index is 635. The van der Waals surface area contributed by atoms with Gasteiger partial charge in [-0.25, -0.2) is 0 Å². The van der Waals surface area contributed by atoms with Crippen molar-refractivity contribution in [3.05, 3.63) is 63.7 Å². The zero-order valence-corrected chi connectivity index (χ0v) is 13.0. The lowest BCUT2D eigenvalue weighted by Gasteiger charge is -2.13. The van der Waals surface area contributed by atoms with E-state index >= 15 is 0 Å². The Kier molecular flexibility index (Phi) is 4.63. The van der Waals surface area contributed by atoms with Gasteiger partial charge in [0.25, 0.3) is 0 Å². The molecule has 0 saturated heterocycles. The highest BCUT2D eigenvalue weighted by molar-refractivity contribution is 7.80. The zero-order valence-electron chi connectivity index (χ0n) is 11.4. The Labute approximate surface area is 129 Å². The second-order valence-electron chi connectivity index (χ2n) is 4.68. The Balaban J connectivity index is 2.17. The van der Waals surface area contributed by atoms with E-state index in [1.807, 2.05) is 44.2 Å². The first-order valence-corrected chi connectivity index (χ1v) is 7.05. The Hall–Kier alpha value is -1.58. The summed E-state index contributed by atoms with van der Waals surface area (Å²) in [5.74, 6) is 0.905. The van der Waals surface area contributed by atoms with Crippen molar-refractivity contribution >= 4 is 28.8 Å². The highest BCUT2D eigenvalue weighted by atomic mass is 35.5. The van der Waals surface area contributed by atoms with E-state index in [1.54, 1.807) is 6.07 Å². The maximum atomic E-state index is 6.22. The third-order valence-electron chi connectivity index (χ3n) is 3.12. The van der Waals surface area contributed by atoms with Gasteiger partial charge >= 0.3 is 0 Å². The molecule has 0 saturated carbocycles. The van der Waals surface area contributed by atoms with Crippen molar-refractivity contribution in [2.45, 2.75) is 20.5 Å². The first kappa shape index (κ1) is 14.8. The summed E-state index contributed by atoms with van der Waals surface area (Å²) in [6, 6.07) is 11.6. The predicted molar refractivity (Wildman–Crippen MR) is 87.6 cm³/mol. The second kappa shape index (κ2) is 6.25. The van der Waals surface area contributed by atoms with Gasteiger partial charge in [0.2, 0.25) is 0 Å². The molecule has 0 aliphatic carbocycles. The number of ether oxygens (including phenoxy) is 1. The van der Waals surface area contributed by atoms with Crippen LogP contribution >= 0.6 is 23.8 Å². The Morgan fingerprint density at radius 1 is 1.20 bits per heavy atom. The standard InChI is InChI=1S/C16H16ClNOS/c1-10-4-3-5-11(2)15(10)19-9-13-7-6-12(16(18)20)8-14(13)17/h3-8H,9H2,1-2H3,(H2,18,20). The molecule has 2 nitrogen and oxygen atoms in total. The fraction of sp³-hybridized carbons (Fsp3) is 0.188. The molecular weight excluding hydrogens is 290 g/mol. The quantitative estimate of drug-likeness (QED) is 0.861. The van der Waals surface area contributed by atoms with Gasteiger partial charge in [-0.05, 0) is 31.0 Å². The van der Waals surface area contributed by atoms with Crippen LogP contribution in [0.3, 0.4) is 0 Å². The van der Waals surface area contributed by atoms with Gasteiger partial charge in [-0.3, -0.25) is 0 Å². The van der Waals surface area contributed by atoms with E-state index in [9.17, 15) is 0 Å². The number of para-hydroxylation sites is 1. The fourth-order valence-corrected chi connectivity index (χ4v) is 2.36. The molecule has 0 radical (unpaired) electrons. The van der Waals surface area contributed by atoms with Crippen LogP contribution in [0.4, 0.5) is 0 Å². The molecule has 0 unspecified atom stereocenters. The van der Waals surface area contributed by atoms with Crippen molar-refractivity contribution < 1.29 is 4.74 Å². The molecule has 2 aromatic rings. The lowest BCUT2D eigenvalue weighted by Crippen LogP contribution is -2.09. The second-order valence-corrected chi connectivity index (χ2v) is 5.53. The molecule has 0 aliphatic heterocycles. The van der Waals surface area contributed by atoms with Crippen LogP contribution in [-0.4, -0.2) is 4.99 Å². The van der Waals surface area contributed by atoms with Crippen LogP contribution in [0, 0.1) is 13.8 Å². The molecule has 2 rings (SSSR count). The van der Waals surface area contributed by atoms with Crippen LogP contribution in [0.25, 0.3) is 0 Å². The predicted octanol–water partition coefficient (Wildman–Crippen LogP) is 4.17. The summed E-state index contributed by atoms with van der Waals surface area (Å²) in [6.07, 6.45) is 0. The van der Waals surface area contributed by atoms with Gasteiger partial charge in [0.1, 0.15) is 17.3 Å². The molecule has 2 N–H and O–H groups in total. The van der Waals surface area contributed by atoms with E-state index in [-0.39, 0.29) is 0 Å². The van der Waals surface area contributed by atoms with Gasteiger partial charge in [-0.15, -0.1) is 0 Å². The van der Waals surface area contributed by atoms with Crippen molar-refractivity contribution in [2.24, 2.45) is 5.73 Å². The summed E-state index contributed by atoms with van der Waals surface area (Å²) in [5, 5.41) is 0.613. The van der Waals surface area contributed by atoms with E-state index in [4.69, 9.17) is 34.3 Å². The van der Waals surface area contributed by atoms with Gasteiger partial charge < -0.3 is 10.5 Å². The first-order valence-electron chi connectivity index (χ1n) is 6.26. The molecular formula is C16H16ClNOS. The molecule has 0 bridgehead atoms. The van der Waals surface area contributed by atoms with Crippen molar-refractivity contribution in [1.29, 1.82) is 0 Å². The minimum absolute atomic E-state index is 0.342. The van der Waals surface area contributed by atoms with Crippen molar-refractivity contribution in [1.82, 2.24) is 0 Å². The highest BCUT2D eigenvalue weighted by Gasteiger charge is 2.07. The number of thiocarbonyl (C=S) groups is 1. The molecule has 104 valence electrons. The maximum Gasteiger partial charge on any atom is 0.125 e. The first-order chi connectivity index (χ1) is 9.49. The minimum atomic E-state index is 0.342. The van der Waals surface area contributed by atoms with Crippen LogP contribution in [0.5, 0.6) is 5.75 Å². The van der Waals surface area contributed by atoms with Crippen LogP contribution < -0.4 is 10.5 Å². The molecule has 0 spiro atoms. The highest BCUT2D eigenvalue weighted by Crippen LogP contribution is 2.25. The molecule has 0 aliphatic rings. The number of benzene rings is 2. The maximum absolute atomic E-state index is 6.22. The molecule has 0 aromatic heterocycles. The van der Waals surface area contributed by atoms with Crippen LogP contribution in [0.1, 0.15) is 22.3 Å². The van der Waals surface area contributed by atoms with Crippen molar-refractivity contribution in [2.75, 3.05) is 0 Å². The van der Waals surface area contributed by atoms with E-state index in [1.165, 1.54) is 0 Å². The average Bonchev–Trinajstić information content (AvgIpc) is 2.39. The number of hydrogen-bond acceptors (Lipinski definition) is 2. The molecule has 20 heavy (non-hydrogen) atoms. The summed E-state index contributed by atoms with van der Waals surface area (Å²) in [6.45, 7) is 4.47. The number of rotatable bonds is 4. The van der Waals surface area contributed by atoms with E-state index in [2.05, 4.69) is 0 Å². The lowest BCUT2D eigenvalue weighted by molar-refractivity contribution is 0.302. The summed E-state index contributed by atoms with van der Waals surface area (Å²) in [7, 11) is 0. The van der Waals surface area contributed by atoms with Crippen molar-refractivity contribution in [3.63, 3.8) is 0 Å². The van der Waals surface area contributed by atoms with Crippen LogP contribution in [0.15, 0.2) is 36.4 Å². The summed E-state index contributed by atoms with van der Waals surface area (Å²) in [5.41, 5.74) is 9.48. The molecule has 0 atom stereocenters. The monoisotopic (exact) mass is 305 g/mol. The van der Waals surface area contributed by atoms with Gasteiger partial charge in [0.15, 0.2) is 0 Å². The molecule has 0 heterocycles. The third kappa shape index (κ3) is 3.30. The molecule has 0 amide bonds. The summed E-state index contributed by atoms with van der Waals surface area (Å²) >= 11 is 11.2. The number of halogens is 1. The molecule has 4 heteroatoms. The zero-order chi connectivity index (χ0) is 14.7. The van der Waals surface area contributed by atoms with E-state index in [0.717, 1.165) is 28.0 Å². The number of nitrogens with two attached hydrogens (primary N) is 1. The smallest absolute Gasteiger partial charge is 0.125 e. The van der Waals surface area contributed by atoms with Crippen LogP contribution in [0.2, 0.25) is 5.02 Å². The molecule has 0 fully saturated rings. The van der Waals surface area contributed by atoms with Gasteiger partial charge in [-0.2, -0.15) is 0 Å². The lowest BCUT2D eigenvalue weighted by atomic mass is 10.1. The van der Waals surface area contributed by atoms with Gasteiger partial charge in [-0.1, -0.05) is 54.2 Å². The van der Waals surface area contributed by atoms with E-state index < -0.39 is 0 Å². The Morgan fingerprint density at radius 3 is 2.40 bits per heavy atom. The van der Waals surface area contributed by atoms with Crippen molar-refractivity contribution in [3.8, 4) is 5.75 Å². The topological polar surface area (TPSA) is 35.2 Å². The minimum Gasteiger partial charge on any atom is -0.488 e. The Morgan fingerprint density at radius 2 is 1.85 bits per heavy atom. The largest absolute Gasteiger partial charge is 0.488 e. The number of hydrogen-bond donors (Lipinski definition) is 1. The van der Waals surface area contributed by atoms with Crippen LogP contribution in [-0.2, 0) is 6.61 Å². The fourth-order valence-electron chi connectivity index (χ4n) is 1.99. The number of aryl methyl sites for hydroxylation is 2. The van der Waals surface area contributed by atoms with Gasteiger partial charge in [0, 0.05) is 16.1 Å². The summed E-state index contributed by atoms with van der Waals surface area (Å²) < 4.78 is 5.89. The molecule has 2 aromatic carbocycles.